The summed E-state index contributed by atoms with van der Waals surface area (Å²) in [7, 11) is 3.47. The van der Waals surface area contributed by atoms with Gasteiger partial charge in [-0.1, -0.05) is 40.7 Å². The van der Waals surface area contributed by atoms with Gasteiger partial charge >= 0.3 is 51.4 Å². The third-order valence-electron chi connectivity index (χ3n) is 3.51. The Morgan fingerprint density at radius 3 is 2.74 bits per heavy atom. The van der Waals surface area contributed by atoms with Gasteiger partial charge in [0.15, 0.2) is 5.82 Å². The second-order valence-corrected chi connectivity index (χ2v) is 6.89. The van der Waals surface area contributed by atoms with Crippen molar-refractivity contribution in [2.75, 3.05) is 25.9 Å². The molecule has 2 unspecified atom stereocenters. The molecule has 1 heterocycles. The van der Waals surface area contributed by atoms with Crippen molar-refractivity contribution in [2.24, 2.45) is 10.7 Å². The van der Waals surface area contributed by atoms with E-state index < -0.39 is 12.0 Å². The molecule has 0 radical (unpaired) electrons. The Morgan fingerprint density at radius 2 is 2.22 bits per heavy atom. The zero-order valence-electron chi connectivity index (χ0n) is 16.3. The Morgan fingerprint density at radius 1 is 1.56 bits per heavy atom. The summed E-state index contributed by atoms with van der Waals surface area (Å²) in [5, 5.41) is 13.8. The average molecular weight is 421 g/mol. The van der Waals surface area contributed by atoms with Crippen molar-refractivity contribution in [1.29, 1.82) is 0 Å². The first-order valence-electron chi connectivity index (χ1n) is 8.11. The summed E-state index contributed by atoms with van der Waals surface area (Å²) >= 11 is 0. The molecule has 0 spiro atoms. The minimum atomic E-state index is -1.84. The minimum Gasteiger partial charge on any atom is -0.478 e. The first kappa shape index (κ1) is 26.5. The van der Waals surface area contributed by atoms with E-state index >= 15 is 0 Å². The Labute approximate surface area is 205 Å². The number of nitrogen functional groups attached to an aromatic ring is 1. The molecule has 0 amide bonds. The van der Waals surface area contributed by atoms with Gasteiger partial charge in [0.25, 0.3) is 0 Å². The summed E-state index contributed by atoms with van der Waals surface area (Å²) in [6, 6.07) is 1.63. The van der Waals surface area contributed by atoms with E-state index in [0.717, 1.165) is 12.0 Å². The molecule has 1 rings (SSSR count). The number of aliphatic hydroxyl groups excluding tert-OH is 1. The van der Waals surface area contributed by atoms with E-state index in [0.29, 0.717) is 17.3 Å². The van der Waals surface area contributed by atoms with Crippen LogP contribution in [0.2, 0.25) is 0 Å². The van der Waals surface area contributed by atoms with Crippen LogP contribution in [0, 0.1) is 0 Å². The molecule has 0 aliphatic carbocycles. The summed E-state index contributed by atoms with van der Waals surface area (Å²) in [6.45, 7) is 3.31. The fraction of sp³-hybridized carbons (Fsp3) is 0.412. The molecule has 0 aliphatic rings. The van der Waals surface area contributed by atoms with Crippen LogP contribution in [0.5, 0.6) is 0 Å². The van der Waals surface area contributed by atoms with Crippen molar-refractivity contribution in [3.05, 3.63) is 40.6 Å². The van der Waals surface area contributed by atoms with E-state index in [1.165, 1.54) is 18.7 Å². The summed E-state index contributed by atoms with van der Waals surface area (Å²) < 4.78 is 13.7. The number of aliphatic hydroxyl groups is 1. The minimum absolute atomic E-state index is 0. The molecule has 10 heteroatoms. The number of aromatic nitrogens is 1. The molecule has 7 nitrogen and oxygen atoms in total. The van der Waals surface area contributed by atoms with Gasteiger partial charge in [-0.3, -0.25) is 0 Å². The maximum atomic E-state index is 13.7. The molecular formula is C17H27FKN6OP. The summed E-state index contributed by atoms with van der Waals surface area (Å²) in [4.78, 5) is 8.40. The van der Waals surface area contributed by atoms with Crippen LogP contribution >= 0.6 is 9.24 Å². The maximum Gasteiger partial charge on any atom is 1.00 e. The van der Waals surface area contributed by atoms with Gasteiger partial charge in [-0.05, 0) is 26.0 Å². The monoisotopic (exact) mass is 420 g/mol. The van der Waals surface area contributed by atoms with Crippen LogP contribution in [0.1, 0.15) is 25.8 Å². The Bertz CT molecular complexity index is 709. The van der Waals surface area contributed by atoms with Crippen LogP contribution in [-0.2, 0) is 0 Å². The molecule has 0 saturated carbocycles. The van der Waals surface area contributed by atoms with E-state index in [1.807, 2.05) is 22.2 Å². The van der Waals surface area contributed by atoms with Crippen molar-refractivity contribution >= 4 is 32.7 Å². The number of nitrogens with one attached hydrogen (secondary N) is 1. The molecule has 0 saturated heterocycles. The van der Waals surface area contributed by atoms with Gasteiger partial charge in [-0.15, -0.1) is 0 Å². The van der Waals surface area contributed by atoms with Crippen LogP contribution in [0.4, 0.5) is 15.9 Å². The number of amidine groups is 1. The van der Waals surface area contributed by atoms with Crippen LogP contribution in [-0.4, -0.2) is 41.5 Å². The number of rotatable bonds is 9. The molecule has 144 valence electrons. The summed E-state index contributed by atoms with van der Waals surface area (Å²) in [6.07, 6.45) is 6.00. The number of alkyl halides is 1. The quantitative estimate of drug-likeness (QED) is 0.185. The smallest absolute Gasteiger partial charge is 0.478 e. The molecule has 0 bridgehead atoms. The first-order valence-corrected chi connectivity index (χ1v) is 8.69. The Kier molecular flexibility index (Phi) is 12.6. The first-order chi connectivity index (χ1) is 12.2. The van der Waals surface area contributed by atoms with Gasteiger partial charge in [0.05, 0.1) is 6.61 Å². The number of nitrogens with two attached hydrogens (primary N) is 2. The second-order valence-electron chi connectivity index (χ2n) is 5.85. The zero-order valence-corrected chi connectivity index (χ0v) is 20.6. The van der Waals surface area contributed by atoms with Gasteiger partial charge in [-0.25, -0.2) is 14.4 Å². The molecule has 1 aromatic heterocycles. The molecule has 1 aromatic rings. The van der Waals surface area contributed by atoms with Crippen molar-refractivity contribution < 1.29 is 60.9 Å². The van der Waals surface area contributed by atoms with E-state index in [2.05, 4.69) is 27.5 Å². The SMILES string of the molecule is CCC(C)=Cc1cnc(N=C(N)/C=C(\[N-]C)NCC(F)(P)CO)cc1N.[K+]. The van der Waals surface area contributed by atoms with Crippen LogP contribution in [0.15, 0.2) is 34.7 Å². The number of anilines is 1. The van der Waals surface area contributed by atoms with Crippen molar-refractivity contribution in [2.45, 2.75) is 25.7 Å². The van der Waals surface area contributed by atoms with E-state index in [4.69, 9.17) is 16.6 Å². The number of halogens is 1. The van der Waals surface area contributed by atoms with Gasteiger partial charge in [0.2, 0.25) is 0 Å². The standard InChI is InChI=1S/C17H27FN6OP.K/c1-4-11(2)5-12-8-22-16(6-13(12)19)24-14(20)7-15(21-3)23-9-17(18,26)10-25;/h5-8,23,25H,4,9-10,26H2,1-3H3,(H4,19,20,22,24);/q-1;+1/b11-5?,15-7+;. The largest absolute Gasteiger partial charge is 1.00 e. The molecule has 0 aliphatic heterocycles. The van der Waals surface area contributed by atoms with Gasteiger partial charge in [0, 0.05) is 23.5 Å². The van der Waals surface area contributed by atoms with Gasteiger partial charge in [0.1, 0.15) is 11.2 Å². The van der Waals surface area contributed by atoms with Crippen LogP contribution < -0.4 is 68.2 Å². The topological polar surface area (TPSA) is 124 Å². The van der Waals surface area contributed by atoms with Crippen molar-refractivity contribution in [3.63, 3.8) is 0 Å². The predicted octanol–water partition coefficient (Wildman–Crippen LogP) is -0.562. The predicted molar refractivity (Wildman–Crippen MR) is 110 cm³/mol. The fourth-order valence-corrected chi connectivity index (χ4v) is 1.91. The summed E-state index contributed by atoms with van der Waals surface area (Å²) in [5.41, 5.74) is 14.5. The van der Waals surface area contributed by atoms with E-state index in [1.54, 1.807) is 12.3 Å². The number of pyridine rings is 1. The van der Waals surface area contributed by atoms with E-state index in [-0.39, 0.29) is 63.8 Å². The molecule has 0 aromatic carbocycles. The number of hydrogen-bond donors (Lipinski definition) is 4. The van der Waals surface area contributed by atoms with Gasteiger partial charge < -0.3 is 27.2 Å². The average Bonchev–Trinajstić information content (AvgIpc) is 2.60. The number of aliphatic imine (C=N–C) groups is 1. The van der Waals surface area contributed by atoms with Gasteiger partial charge in [-0.2, -0.15) is 0 Å². The van der Waals surface area contributed by atoms with Crippen molar-refractivity contribution in [3.8, 4) is 0 Å². The molecule has 6 N–H and O–H groups in total. The zero-order chi connectivity index (χ0) is 19.7. The third-order valence-corrected chi connectivity index (χ3v) is 3.90. The Balaban J connectivity index is 0.00000676. The van der Waals surface area contributed by atoms with Crippen molar-refractivity contribution in [1.82, 2.24) is 10.3 Å². The second kappa shape index (κ2) is 12.8. The third kappa shape index (κ3) is 9.98. The number of nitrogens with zero attached hydrogens (tertiary/aromatic N) is 3. The normalized spacial score (nSPS) is 15.0. The fourth-order valence-electron chi connectivity index (χ4n) is 1.81. The number of allylic oxidation sites excluding steroid dienone is 1. The summed E-state index contributed by atoms with van der Waals surface area (Å²) in [5.74, 6) is 0.824. The van der Waals surface area contributed by atoms with Crippen LogP contribution in [0.25, 0.3) is 11.4 Å². The molecule has 0 fully saturated rings. The molecular weight excluding hydrogens is 393 g/mol. The number of hydrogen-bond acceptors (Lipinski definition) is 5. The molecule has 2 atom stereocenters. The maximum absolute atomic E-state index is 13.7. The Hall–Kier alpha value is -0.544. The molecule has 27 heavy (non-hydrogen) atoms. The van der Waals surface area contributed by atoms with Crippen LogP contribution in [0.3, 0.4) is 0 Å². The van der Waals surface area contributed by atoms with E-state index in [9.17, 15) is 4.39 Å².